The van der Waals surface area contributed by atoms with E-state index in [0.29, 0.717) is 30.8 Å². The van der Waals surface area contributed by atoms with Crippen molar-refractivity contribution < 1.29 is 62.7 Å². The van der Waals surface area contributed by atoms with Crippen LogP contribution in [0.4, 0.5) is 10.5 Å². The van der Waals surface area contributed by atoms with Crippen LogP contribution >= 0.6 is 23.4 Å². The molecule has 5 rings (SSSR count). The van der Waals surface area contributed by atoms with Crippen LogP contribution in [0.15, 0.2) is 35.9 Å². The third kappa shape index (κ3) is 13.1. The van der Waals surface area contributed by atoms with Gasteiger partial charge in [0.2, 0.25) is 23.6 Å². The minimum atomic E-state index is -2.00. The Morgan fingerprint density at radius 1 is 1.06 bits per heavy atom. The third-order valence-electron chi connectivity index (χ3n) is 14.8. The number of likely N-dealkylation sites (N-methyl/N-ethyl adjacent to an activating group) is 1. The predicted octanol–water partition coefficient (Wildman–Crippen LogP) is 5.78. The van der Waals surface area contributed by atoms with Crippen LogP contribution in [0.2, 0.25) is 5.02 Å². The zero-order chi connectivity index (χ0) is 51.1. The number of hydrogen-bond donors (Lipinski definition) is 3. The first kappa shape index (κ1) is 55.4. The molecule has 0 unspecified atom stereocenters. The number of ether oxygens (including phenoxy) is 4. The maximum absolute atomic E-state index is 14.4. The Morgan fingerprint density at radius 3 is 2.38 bits per heavy atom. The molecule has 1 saturated carbocycles. The molecule has 3 N–H and O–H groups in total. The average Bonchev–Trinajstić information content (AvgIpc) is 3.58. The number of carbonyl (C=O) groups is 7. The van der Waals surface area contributed by atoms with E-state index in [1.165, 1.54) is 68.6 Å². The zero-order valence-corrected chi connectivity index (χ0v) is 43.2. The Morgan fingerprint density at radius 2 is 1.74 bits per heavy atom. The molecule has 0 aromatic heterocycles. The molecule has 1 aromatic carbocycles. The van der Waals surface area contributed by atoms with E-state index in [-0.39, 0.29) is 59.5 Å². The molecule has 2 saturated heterocycles. The monoisotopic (exact) mass is 1000 g/mol. The van der Waals surface area contributed by atoms with Gasteiger partial charge in [-0.25, -0.2) is 9.59 Å². The lowest BCUT2D eigenvalue weighted by Crippen LogP contribution is -2.64. The molecule has 382 valence electrons. The van der Waals surface area contributed by atoms with Crippen molar-refractivity contribution in [3.63, 3.8) is 0 Å². The van der Waals surface area contributed by atoms with E-state index >= 15 is 0 Å². The number of allylic oxidation sites excluding steroid dienone is 3. The summed E-state index contributed by atoms with van der Waals surface area (Å²) in [6.07, 6.45) is 3.94. The summed E-state index contributed by atoms with van der Waals surface area (Å²) in [5.74, 6) is -3.11. The smallest absolute Gasteiger partial charge is 0.409 e. The number of amides is 5. The first-order chi connectivity index (χ1) is 32.4. The van der Waals surface area contributed by atoms with Crippen LogP contribution < -0.4 is 15.0 Å². The number of aliphatic hydroxyl groups is 2. The maximum atomic E-state index is 14.4. The van der Waals surface area contributed by atoms with E-state index in [4.69, 9.17) is 30.5 Å². The van der Waals surface area contributed by atoms with Crippen LogP contribution in [0.25, 0.3) is 0 Å². The summed E-state index contributed by atoms with van der Waals surface area (Å²) in [4.78, 5) is 97.4. The highest BCUT2D eigenvalue weighted by molar-refractivity contribution is 8.00. The number of nitrogens with zero attached hydrogens (tertiary/aromatic N) is 3. The molecule has 5 amide bonds. The second-order valence-corrected chi connectivity index (χ2v) is 21.1. The standard InChI is InChI=1S/C50H71ClN4O13S/c1-11-36(56)34-17-15-32(16-18-34)27-55-44(59)24-39(46(55)60)69-20-19-42(57)53(7)31(5)47(61)68-41-25-43(58)54(8)35-22-33(23-37(65-9)45(35)51)21-28(2)13-12-14-40(66-10)50(64)26-38(67-48(62)52-50)29(3)30(4)49(41,6)63/h12-14,22-23,29-32,34,38-41,63-64H,11,15-21,24-27H2,1-10H3,(H,52,62)/b14-12+,28-13+/t29-,30-,31-,32?,34?,38-,39-,40+,41-,49+,50-/m0/s1. The van der Waals surface area contributed by atoms with Gasteiger partial charge in [0.05, 0.1) is 24.5 Å². The van der Waals surface area contributed by atoms with Gasteiger partial charge in [-0.15, -0.1) is 11.8 Å². The molecule has 4 aliphatic rings. The van der Waals surface area contributed by atoms with E-state index in [1.54, 1.807) is 38.1 Å². The Kier molecular flexibility index (Phi) is 19.0. The number of anilines is 1. The number of alkyl carbamates (subject to hydrolysis) is 1. The van der Waals surface area contributed by atoms with E-state index in [0.717, 1.165) is 36.8 Å². The number of methoxy groups -OCH3 is 2. The van der Waals surface area contributed by atoms with Gasteiger partial charge in [0.1, 0.15) is 46.5 Å². The van der Waals surface area contributed by atoms with Crippen molar-refractivity contribution in [2.75, 3.05) is 45.5 Å². The highest BCUT2D eigenvalue weighted by Gasteiger charge is 2.51. The fourth-order valence-corrected chi connectivity index (χ4v) is 11.1. The van der Waals surface area contributed by atoms with Crippen molar-refractivity contribution in [3.05, 3.63) is 46.5 Å². The summed E-state index contributed by atoms with van der Waals surface area (Å²) < 4.78 is 23.0. The number of thioether (sulfide) groups is 1. The summed E-state index contributed by atoms with van der Waals surface area (Å²) in [6, 6.07) is 2.29. The number of rotatable bonds is 13. The number of hydrogen-bond acceptors (Lipinski definition) is 14. The number of likely N-dealkylation sites (tertiary alicyclic amines) is 1. The van der Waals surface area contributed by atoms with E-state index in [2.05, 4.69) is 5.32 Å². The van der Waals surface area contributed by atoms with Crippen LogP contribution in [-0.4, -0.2) is 143 Å². The second kappa shape index (κ2) is 23.6. The fourth-order valence-electron chi connectivity index (χ4n) is 9.70. The molecule has 0 spiro atoms. The normalized spacial score (nSPS) is 32.0. The van der Waals surface area contributed by atoms with Gasteiger partial charge >= 0.3 is 12.1 Å². The number of halogens is 1. The molecule has 3 heterocycles. The Balaban J connectivity index is 1.33. The van der Waals surface area contributed by atoms with E-state index in [9.17, 15) is 43.8 Å². The molecule has 17 nitrogen and oxygen atoms in total. The number of carbonyl (C=O) groups excluding carboxylic acids is 7. The number of ketones is 1. The number of nitrogens with one attached hydrogen (secondary N) is 1. The van der Waals surface area contributed by atoms with Crippen molar-refractivity contribution in [1.29, 1.82) is 0 Å². The van der Waals surface area contributed by atoms with Crippen LogP contribution in [0.5, 0.6) is 5.75 Å². The molecular weight excluding hydrogens is 932 g/mol. The number of fused-ring (bicyclic) bond motifs is 4. The summed E-state index contributed by atoms with van der Waals surface area (Å²) in [6.45, 7) is 10.3. The lowest BCUT2D eigenvalue weighted by molar-refractivity contribution is -0.186. The summed E-state index contributed by atoms with van der Waals surface area (Å²) in [5, 5.41) is 26.4. The van der Waals surface area contributed by atoms with Gasteiger partial charge in [0.25, 0.3) is 0 Å². The highest BCUT2D eigenvalue weighted by atomic mass is 35.5. The van der Waals surface area contributed by atoms with Crippen molar-refractivity contribution in [2.45, 2.75) is 147 Å². The molecule has 1 aromatic rings. The Labute approximate surface area is 415 Å². The minimum absolute atomic E-state index is 0.0281. The summed E-state index contributed by atoms with van der Waals surface area (Å²) >= 11 is 8.01. The topological polar surface area (TPSA) is 219 Å². The molecule has 0 radical (unpaired) electrons. The van der Waals surface area contributed by atoms with Gasteiger partial charge in [-0.1, -0.05) is 56.2 Å². The Bertz CT molecular complexity index is 2160. The molecule has 1 aliphatic carbocycles. The molecule has 3 fully saturated rings. The van der Waals surface area contributed by atoms with E-state index < -0.39 is 83.1 Å². The SMILES string of the molecule is CCC(=O)C1CCC(CN2C(=O)C[C@H](SCCC(=O)N(C)[C@@H](C)C(=O)O[C@H]3CC(=O)N(C)c4cc(cc(OC)c4Cl)C/C(C)=C/C=C/[C@@H](OC)[C@@]4(O)C[C@H](OC(=O)N4)[C@@H](C)[C@H](C)[C@@]3(C)O)C2=O)CC1. The first-order valence-corrected chi connectivity index (χ1v) is 25.3. The highest BCUT2D eigenvalue weighted by Crippen LogP contribution is 2.41. The van der Waals surface area contributed by atoms with Gasteiger partial charge in [-0.2, -0.15) is 0 Å². The number of esters is 1. The van der Waals surface area contributed by atoms with E-state index in [1.807, 2.05) is 19.9 Å². The van der Waals surface area contributed by atoms with Gasteiger partial charge in [0, 0.05) is 65.1 Å². The number of Topliss-reactive ketones (excluding diaryl/α,β-unsaturated/α-hetero) is 1. The molecule has 3 aliphatic heterocycles. The van der Waals surface area contributed by atoms with Gasteiger partial charge in [-0.3, -0.25) is 34.2 Å². The van der Waals surface area contributed by atoms with Crippen molar-refractivity contribution in [2.24, 2.45) is 23.7 Å². The van der Waals surface area contributed by atoms with Gasteiger partial charge in [-0.05, 0) is 88.3 Å². The summed E-state index contributed by atoms with van der Waals surface area (Å²) in [7, 11) is 5.78. The number of imide groups is 1. The van der Waals surface area contributed by atoms with Crippen LogP contribution in [0, 0.1) is 23.7 Å². The molecule has 9 atom stereocenters. The predicted molar refractivity (Wildman–Crippen MR) is 260 cm³/mol. The zero-order valence-electron chi connectivity index (χ0n) is 41.6. The largest absolute Gasteiger partial charge is 0.495 e. The van der Waals surface area contributed by atoms with Crippen molar-refractivity contribution >= 4 is 70.5 Å². The van der Waals surface area contributed by atoms with Crippen molar-refractivity contribution in [1.82, 2.24) is 15.1 Å². The maximum Gasteiger partial charge on any atom is 0.409 e. The van der Waals surface area contributed by atoms with Crippen LogP contribution in [0.3, 0.4) is 0 Å². The lowest BCUT2D eigenvalue weighted by Gasteiger charge is -2.46. The lowest BCUT2D eigenvalue weighted by atomic mass is 9.73. The fraction of sp³-hybridized carbons (Fsp3) is 0.660. The minimum Gasteiger partial charge on any atom is -0.495 e. The van der Waals surface area contributed by atoms with Gasteiger partial charge in [0.15, 0.2) is 5.72 Å². The third-order valence-corrected chi connectivity index (χ3v) is 16.4. The summed E-state index contributed by atoms with van der Waals surface area (Å²) in [5.41, 5.74) is -2.00. The molecule has 69 heavy (non-hydrogen) atoms. The molecule has 19 heteroatoms. The second-order valence-electron chi connectivity index (χ2n) is 19.4. The number of benzene rings is 1. The quantitative estimate of drug-likeness (QED) is 0.158. The van der Waals surface area contributed by atoms with Crippen LogP contribution in [0.1, 0.15) is 105 Å². The molecule has 4 bridgehead atoms. The first-order valence-electron chi connectivity index (χ1n) is 23.8. The average molecular weight is 1000 g/mol. The van der Waals surface area contributed by atoms with Gasteiger partial charge < -0.3 is 39.0 Å². The van der Waals surface area contributed by atoms with Crippen molar-refractivity contribution in [3.8, 4) is 5.75 Å². The molecular formula is C50H71ClN4O13S. The Hall–Kier alpha value is -4.49. The van der Waals surface area contributed by atoms with Crippen LogP contribution in [-0.2, 0) is 49.4 Å².